The molecule has 406 valence electrons. The molecule has 2 heterocycles. The number of nitrogens with zero attached hydrogens (tertiary/aromatic N) is 2. The molecule has 0 spiro atoms. The van der Waals surface area contributed by atoms with Crippen molar-refractivity contribution in [1.29, 1.82) is 0 Å². The highest BCUT2D eigenvalue weighted by Gasteiger charge is 2.39. The smallest absolute Gasteiger partial charge is 0.407 e. The average molecular weight is 1070 g/mol. The molecule has 0 aromatic heterocycles. The number of carbonyl (C=O) groups is 8. The Morgan fingerprint density at radius 3 is 2.08 bits per heavy atom. The standard InChI is InChI=1S/C56H69ClN8O11/c1-32-48(66)63-43(50(68)61-33(2)53(71)65-28-12-14-44(65)51(69)58-6)30-34-15-25-45(74-8)40(29-34)41-31-38(22-26-46(41)75-9)47(52(70)60-32)64(7)54(72)42(13-10-11-27-59-55(73)76-56(3,4)5)62-49(67)37-18-16-35(17-19-37)36-20-23-39(57)24-21-36/h15-26,29,31-33,42-44,47H,10-14,27-28,30H2,1-9H3,(H,58,69)(H,59,73)(H,60,70)(H,61,68)(H,62,67)(H,63,66). The van der Waals surface area contributed by atoms with Gasteiger partial charge in [-0.15, -0.1) is 0 Å². The zero-order valence-electron chi connectivity index (χ0n) is 44.5. The van der Waals surface area contributed by atoms with Crippen molar-refractivity contribution in [3.8, 4) is 33.8 Å². The molecule has 76 heavy (non-hydrogen) atoms. The molecule has 4 bridgehead atoms. The fraction of sp³-hybridized carbons (Fsp3) is 0.429. The van der Waals surface area contributed by atoms with Gasteiger partial charge in [-0.3, -0.25) is 33.6 Å². The summed E-state index contributed by atoms with van der Waals surface area (Å²) >= 11 is 6.10. The van der Waals surface area contributed by atoms with Crippen LogP contribution in [0.4, 0.5) is 4.79 Å². The van der Waals surface area contributed by atoms with Crippen molar-refractivity contribution in [2.45, 2.75) is 115 Å². The second-order valence-corrected chi connectivity index (χ2v) is 20.3. The summed E-state index contributed by atoms with van der Waals surface area (Å²) in [6.45, 7) is 8.75. The minimum absolute atomic E-state index is 0.0563. The Kier molecular flexibility index (Phi) is 19.5. The van der Waals surface area contributed by atoms with Gasteiger partial charge in [0.15, 0.2) is 0 Å². The van der Waals surface area contributed by atoms with Crippen LogP contribution in [-0.4, -0.2) is 134 Å². The largest absolute Gasteiger partial charge is 0.496 e. The van der Waals surface area contributed by atoms with Crippen molar-refractivity contribution in [3.63, 3.8) is 0 Å². The molecular formula is C56H69ClN8O11. The van der Waals surface area contributed by atoms with Gasteiger partial charge in [-0.25, -0.2) is 4.79 Å². The molecule has 6 unspecified atom stereocenters. The van der Waals surface area contributed by atoms with Crippen LogP contribution in [0, 0.1) is 0 Å². The number of methoxy groups -OCH3 is 2. The summed E-state index contributed by atoms with van der Waals surface area (Å²) < 4.78 is 17.0. The van der Waals surface area contributed by atoms with Crippen molar-refractivity contribution >= 4 is 59.0 Å². The molecule has 4 aromatic carbocycles. The number of likely N-dealkylation sites (N-methyl/N-ethyl adjacent to an activating group) is 2. The first-order valence-corrected chi connectivity index (χ1v) is 25.7. The Labute approximate surface area is 448 Å². The normalized spacial score (nSPS) is 18.3. The summed E-state index contributed by atoms with van der Waals surface area (Å²) in [5.74, 6) is -3.39. The third-order valence-corrected chi connectivity index (χ3v) is 13.5. The van der Waals surface area contributed by atoms with Crippen LogP contribution in [0.15, 0.2) is 84.9 Å². The Balaban J connectivity index is 1.32. The van der Waals surface area contributed by atoms with Crippen LogP contribution in [0.25, 0.3) is 22.3 Å². The van der Waals surface area contributed by atoms with Crippen LogP contribution < -0.4 is 41.4 Å². The number of hydrogen-bond donors (Lipinski definition) is 6. The molecule has 0 radical (unpaired) electrons. The number of likely N-dealkylation sites (tertiary alicyclic amines) is 1. The van der Waals surface area contributed by atoms with Crippen molar-refractivity contribution < 1.29 is 52.6 Å². The number of benzene rings is 4. The third kappa shape index (κ3) is 14.6. The Bertz CT molecular complexity index is 2780. The van der Waals surface area contributed by atoms with Crippen LogP contribution in [0.2, 0.25) is 5.02 Å². The molecular weight excluding hydrogens is 996 g/mol. The Morgan fingerprint density at radius 1 is 0.816 bits per heavy atom. The highest BCUT2D eigenvalue weighted by molar-refractivity contribution is 6.30. The van der Waals surface area contributed by atoms with E-state index in [1.165, 1.54) is 52.0 Å². The van der Waals surface area contributed by atoms with Crippen molar-refractivity contribution in [3.05, 3.63) is 107 Å². The van der Waals surface area contributed by atoms with Gasteiger partial charge in [0.05, 0.1) is 14.2 Å². The number of unbranched alkanes of at least 4 members (excludes halogenated alkanes) is 1. The minimum Gasteiger partial charge on any atom is -0.496 e. The van der Waals surface area contributed by atoms with Crippen LogP contribution in [0.1, 0.15) is 94.2 Å². The molecule has 4 aromatic rings. The summed E-state index contributed by atoms with van der Waals surface area (Å²) in [4.78, 5) is 114. The van der Waals surface area contributed by atoms with Crippen molar-refractivity contribution in [2.24, 2.45) is 0 Å². The van der Waals surface area contributed by atoms with E-state index in [9.17, 15) is 33.6 Å². The quantitative estimate of drug-likeness (QED) is 0.0769. The molecule has 20 heteroatoms. The molecule has 6 N–H and O–H groups in total. The summed E-state index contributed by atoms with van der Waals surface area (Å²) in [6, 6.07) is 17.3. The van der Waals surface area contributed by atoms with E-state index >= 15 is 4.79 Å². The monoisotopic (exact) mass is 1060 g/mol. The summed E-state index contributed by atoms with van der Waals surface area (Å²) in [5.41, 5.74) is 3.13. The van der Waals surface area contributed by atoms with Gasteiger partial charge < -0.3 is 55.9 Å². The van der Waals surface area contributed by atoms with E-state index < -0.39 is 83.4 Å². The molecule has 1 fully saturated rings. The second kappa shape index (κ2) is 25.7. The van der Waals surface area contributed by atoms with Crippen LogP contribution >= 0.6 is 11.6 Å². The number of amides is 8. The van der Waals surface area contributed by atoms with E-state index in [0.717, 1.165) is 11.1 Å². The lowest BCUT2D eigenvalue weighted by Gasteiger charge is -2.33. The Hall–Kier alpha value is -7.67. The highest BCUT2D eigenvalue weighted by Crippen LogP contribution is 2.40. The molecule has 0 saturated carbocycles. The van der Waals surface area contributed by atoms with Gasteiger partial charge in [-0.05, 0) is 138 Å². The van der Waals surface area contributed by atoms with Crippen LogP contribution in [0.3, 0.4) is 0 Å². The second-order valence-electron chi connectivity index (χ2n) is 19.9. The molecule has 0 aliphatic carbocycles. The van der Waals surface area contributed by atoms with Gasteiger partial charge in [0.2, 0.25) is 35.4 Å². The maximum Gasteiger partial charge on any atom is 0.407 e. The number of rotatable bonds is 16. The number of hydrogen-bond acceptors (Lipinski definition) is 11. The Morgan fingerprint density at radius 2 is 1.45 bits per heavy atom. The highest BCUT2D eigenvalue weighted by atomic mass is 35.5. The predicted molar refractivity (Wildman–Crippen MR) is 286 cm³/mol. The average Bonchev–Trinajstić information content (AvgIpc) is 3.89. The van der Waals surface area contributed by atoms with E-state index in [2.05, 4.69) is 31.9 Å². The van der Waals surface area contributed by atoms with E-state index in [4.69, 9.17) is 25.8 Å². The van der Waals surface area contributed by atoms with E-state index in [0.29, 0.717) is 71.0 Å². The van der Waals surface area contributed by atoms with Crippen LogP contribution in [0.5, 0.6) is 11.5 Å². The summed E-state index contributed by atoms with van der Waals surface area (Å²) in [7, 11) is 5.88. The number of ether oxygens (including phenoxy) is 3. The topological polar surface area (TPSA) is 243 Å². The maximum absolute atomic E-state index is 15.1. The van der Waals surface area contributed by atoms with Crippen molar-refractivity contribution in [1.82, 2.24) is 41.7 Å². The van der Waals surface area contributed by atoms with Gasteiger partial charge in [0.1, 0.15) is 53.4 Å². The number of halogens is 1. The fourth-order valence-corrected chi connectivity index (χ4v) is 9.38. The summed E-state index contributed by atoms with van der Waals surface area (Å²) in [6.07, 6.45) is 1.28. The van der Waals surface area contributed by atoms with Gasteiger partial charge in [-0.2, -0.15) is 0 Å². The first-order valence-electron chi connectivity index (χ1n) is 25.3. The third-order valence-electron chi connectivity index (χ3n) is 13.2. The SMILES string of the molecule is CNC(=O)C1CCCN1C(=O)C(C)NC(=O)C1Cc2ccc(OC)c(c2)-c2cc(ccc2OC)C(N(C)C(=O)C(CCCCNC(=O)OC(C)(C)C)NC(=O)c2ccc(-c3ccc(Cl)cc3)cc2)C(=O)NC(C)C(=O)N1. The summed E-state index contributed by atoms with van der Waals surface area (Å²) in [5, 5.41) is 17.0. The zero-order chi connectivity index (χ0) is 55.4. The lowest BCUT2D eigenvalue weighted by molar-refractivity contribution is -0.142. The number of alkyl carbamates (subject to hydrolysis) is 1. The minimum atomic E-state index is -1.42. The first kappa shape index (κ1) is 57.6. The lowest BCUT2D eigenvalue weighted by Crippen LogP contribution is -2.58. The first-order chi connectivity index (χ1) is 36.1. The molecule has 2 aliphatic heterocycles. The molecule has 6 rings (SSSR count). The van der Waals surface area contributed by atoms with E-state index in [-0.39, 0.29) is 30.9 Å². The van der Waals surface area contributed by atoms with Crippen molar-refractivity contribution in [2.75, 3.05) is 41.4 Å². The predicted octanol–water partition coefficient (Wildman–Crippen LogP) is 5.47. The van der Waals surface area contributed by atoms with Gasteiger partial charge >= 0.3 is 6.09 Å². The lowest BCUT2D eigenvalue weighted by atomic mass is 9.93. The maximum atomic E-state index is 15.1. The fourth-order valence-electron chi connectivity index (χ4n) is 9.25. The number of fused-ring (bicyclic) bond motifs is 5. The molecule has 19 nitrogen and oxygen atoms in total. The molecule has 8 amide bonds. The molecule has 2 aliphatic rings. The molecule has 6 atom stereocenters. The number of carbonyl (C=O) groups excluding carboxylic acids is 8. The van der Waals surface area contributed by atoms with E-state index in [1.807, 2.05) is 12.1 Å². The van der Waals surface area contributed by atoms with Gasteiger partial charge in [0.25, 0.3) is 5.91 Å². The van der Waals surface area contributed by atoms with E-state index in [1.54, 1.807) is 93.6 Å². The molecule has 1 saturated heterocycles. The number of nitrogens with one attached hydrogen (secondary N) is 6. The van der Waals surface area contributed by atoms with Gasteiger partial charge in [0, 0.05) is 55.3 Å². The van der Waals surface area contributed by atoms with Gasteiger partial charge in [-0.1, -0.05) is 48.0 Å². The zero-order valence-corrected chi connectivity index (χ0v) is 45.2. The van der Waals surface area contributed by atoms with Crippen LogP contribution in [-0.2, 0) is 39.9 Å².